The molecule has 6 N–H and O–H groups in total. The molecule has 0 amide bonds. The second kappa shape index (κ2) is 4.07. The summed E-state index contributed by atoms with van der Waals surface area (Å²) in [5, 5.41) is 48.6. The van der Waals surface area contributed by atoms with Crippen molar-refractivity contribution in [1.82, 2.24) is 5.32 Å². The summed E-state index contributed by atoms with van der Waals surface area (Å²) in [4.78, 5) is 0. The maximum absolute atomic E-state index is 9.57. The van der Waals surface area contributed by atoms with Crippen LogP contribution in [0.2, 0.25) is 0 Å². The molecule has 1 saturated heterocycles. The predicted molar refractivity (Wildman–Crippen MR) is 44.0 cm³/mol. The van der Waals surface area contributed by atoms with E-state index in [-0.39, 0.29) is 0 Å². The Kier molecular flexibility index (Phi) is 3.43. The lowest BCUT2D eigenvalue weighted by Gasteiger charge is -2.44. The Balaban J connectivity index is 2.84. The van der Waals surface area contributed by atoms with Crippen LogP contribution in [0.5, 0.6) is 0 Å². The van der Waals surface area contributed by atoms with Gasteiger partial charge in [0.2, 0.25) is 0 Å². The molecule has 1 rings (SSSR count). The second-order valence-electron chi connectivity index (χ2n) is 3.21. The summed E-state index contributed by atoms with van der Waals surface area (Å²) in [5.41, 5.74) is 0. The van der Waals surface area contributed by atoms with Crippen molar-refractivity contribution in [3.8, 4) is 0 Å². The molecule has 0 radical (unpaired) electrons. The fourth-order valence-electron chi connectivity index (χ4n) is 1.36. The van der Waals surface area contributed by atoms with Gasteiger partial charge in [-0.25, -0.2) is 0 Å². The first-order valence-electron chi connectivity index (χ1n) is 4.20. The molecular weight excluding hydrogens is 194 g/mol. The van der Waals surface area contributed by atoms with Crippen LogP contribution < -0.4 is 5.32 Å². The minimum atomic E-state index is -2.16. The van der Waals surface area contributed by atoms with E-state index in [2.05, 4.69) is 5.32 Å². The van der Waals surface area contributed by atoms with Crippen molar-refractivity contribution >= 4 is 0 Å². The monoisotopic (exact) mass is 209 g/mol. The van der Waals surface area contributed by atoms with Gasteiger partial charge >= 0.3 is 0 Å². The Labute approximate surface area is 80.6 Å². The van der Waals surface area contributed by atoms with Gasteiger partial charge in [-0.2, -0.15) is 0 Å². The molecule has 1 heterocycles. The van der Waals surface area contributed by atoms with E-state index >= 15 is 0 Å². The van der Waals surface area contributed by atoms with Crippen molar-refractivity contribution in [3.05, 3.63) is 0 Å². The molecule has 1 fully saturated rings. The molecule has 0 saturated carbocycles. The van der Waals surface area contributed by atoms with E-state index in [0.29, 0.717) is 0 Å². The fraction of sp³-hybridized carbons (Fsp3) is 1.00. The molecule has 0 aliphatic carbocycles. The van der Waals surface area contributed by atoms with E-state index < -0.39 is 36.9 Å². The van der Waals surface area contributed by atoms with Crippen LogP contribution >= 0.6 is 0 Å². The minimum Gasteiger partial charge on any atom is -0.394 e. The van der Waals surface area contributed by atoms with E-state index in [1.165, 1.54) is 7.05 Å². The smallest absolute Gasteiger partial charge is 0.255 e. The maximum atomic E-state index is 9.57. The molecule has 84 valence electrons. The number of likely N-dealkylation sites (N-methyl/N-ethyl adjacent to an activating group) is 1. The summed E-state index contributed by atoms with van der Waals surface area (Å²) in [5.74, 6) is -2.16. The maximum Gasteiger partial charge on any atom is 0.255 e. The minimum absolute atomic E-state index is 0.574. The van der Waals surface area contributed by atoms with E-state index in [1.54, 1.807) is 0 Å². The van der Waals surface area contributed by atoms with Crippen LogP contribution in [0.1, 0.15) is 0 Å². The summed E-state index contributed by atoms with van der Waals surface area (Å²) >= 11 is 0. The molecule has 7 heteroatoms. The topological polar surface area (TPSA) is 122 Å². The lowest BCUT2D eigenvalue weighted by molar-refractivity contribution is -0.359. The summed E-state index contributed by atoms with van der Waals surface area (Å²) in [6, 6.07) is 0. The Bertz CT molecular complexity index is 201. The zero-order chi connectivity index (χ0) is 10.9. The molecule has 0 aromatic heterocycles. The standard InChI is InChI=1S/C7H15NO6/c1-8-7(13)6(12)5(11)4(10)3(2-9)14-7/h3-6,8-13H,2H2,1H3. The zero-order valence-electron chi connectivity index (χ0n) is 7.66. The molecule has 1 aliphatic heterocycles. The highest BCUT2D eigenvalue weighted by Crippen LogP contribution is 2.25. The van der Waals surface area contributed by atoms with E-state index in [4.69, 9.17) is 9.84 Å². The number of aliphatic hydroxyl groups excluding tert-OH is 4. The zero-order valence-corrected chi connectivity index (χ0v) is 7.66. The first-order valence-corrected chi connectivity index (χ1v) is 4.20. The third-order valence-electron chi connectivity index (χ3n) is 2.32. The Hall–Kier alpha value is -0.280. The SMILES string of the molecule is CNC1(O)OC(CO)C(O)C(O)C1O. The average Bonchev–Trinajstić information content (AvgIpc) is 2.20. The molecule has 5 atom stereocenters. The largest absolute Gasteiger partial charge is 0.394 e. The molecular formula is C7H15NO6. The third-order valence-corrected chi connectivity index (χ3v) is 2.32. The van der Waals surface area contributed by atoms with Crippen molar-refractivity contribution in [3.63, 3.8) is 0 Å². The molecule has 0 bridgehead atoms. The Morgan fingerprint density at radius 1 is 1.29 bits per heavy atom. The van der Waals surface area contributed by atoms with Crippen molar-refractivity contribution in [2.45, 2.75) is 30.3 Å². The predicted octanol–water partition coefficient (Wildman–Crippen LogP) is -3.67. The van der Waals surface area contributed by atoms with Crippen molar-refractivity contribution in [2.24, 2.45) is 0 Å². The third kappa shape index (κ3) is 1.75. The molecule has 0 spiro atoms. The Morgan fingerprint density at radius 2 is 1.86 bits per heavy atom. The van der Waals surface area contributed by atoms with E-state index in [0.717, 1.165) is 0 Å². The highest BCUT2D eigenvalue weighted by molar-refractivity contribution is 4.94. The van der Waals surface area contributed by atoms with Crippen LogP contribution in [0.3, 0.4) is 0 Å². The van der Waals surface area contributed by atoms with Crippen LogP contribution in [-0.4, -0.2) is 69.5 Å². The van der Waals surface area contributed by atoms with Gasteiger partial charge in [0.25, 0.3) is 5.91 Å². The van der Waals surface area contributed by atoms with Gasteiger partial charge in [0.1, 0.15) is 18.3 Å². The summed E-state index contributed by atoms with van der Waals surface area (Å²) < 4.78 is 4.80. The van der Waals surface area contributed by atoms with Gasteiger partial charge in [-0.15, -0.1) is 0 Å². The molecule has 0 aromatic carbocycles. The quantitative estimate of drug-likeness (QED) is 0.259. The number of aliphatic hydroxyl groups is 5. The van der Waals surface area contributed by atoms with Crippen LogP contribution in [-0.2, 0) is 4.74 Å². The molecule has 0 aromatic rings. The lowest BCUT2D eigenvalue weighted by atomic mass is 9.97. The van der Waals surface area contributed by atoms with Gasteiger partial charge in [0.05, 0.1) is 6.61 Å². The van der Waals surface area contributed by atoms with Crippen molar-refractivity contribution in [1.29, 1.82) is 0 Å². The van der Waals surface area contributed by atoms with Gasteiger partial charge in [0.15, 0.2) is 6.10 Å². The summed E-state index contributed by atoms with van der Waals surface area (Å²) in [6.45, 7) is -0.574. The average molecular weight is 209 g/mol. The van der Waals surface area contributed by atoms with Crippen molar-refractivity contribution < 1.29 is 30.3 Å². The fourth-order valence-corrected chi connectivity index (χ4v) is 1.36. The normalized spacial score (nSPS) is 49.3. The Morgan fingerprint density at radius 3 is 2.29 bits per heavy atom. The highest BCUT2D eigenvalue weighted by atomic mass is 16.7. The summed E-state index contributed by atoms with van der Waals surface area (Å²) in [6.07, 6.45) is -5.86. The van der Waals surface area contributed by atoms with Crippen LogP contribution in [0.15, 0.2) is 0 Å². The number of rotatable bonds is 2. The van der Waals surface area contributed by atoms with Gasteiger partial charge in [-0.05, 0) is 7.05 Å². The lowest BCUT2D eigenvalue weighted by Crippen LogP contribution is -2.69. The van der Waals surface area contributed by atoms with Crippen LogP contribution in [0.4, 0.5) is 0 Å². The van der Waals surface area contributed by atoms with Gasteiger partial charge in [0, 0.05) is 0 Å². The van der Waals surface area contributed by atoms with Crippen molar-refractivity contribution in [2.75, 3.05) is 13.7 Å². The summed E-state index contributed by atoms with van der Waals surface area (Å²) in [7, 11) is 1.31. The number of hydrogen-bond donors (Lipinski definition) is 6. The molecule has 5 unspecified atom stereocenters. The molecule has 14 heavy (non-hydrogen) atoms. The first kappa shape index (κ1) is 11.8. The molecule has 7 nitrogen and oxygen atoms in total. The first-order chi connectivity index (χ1) is 6.46. The highest BCUT2D eigenvalue weighted by Gasteiger charge is 2.51. The van der Waals surface area contributed by atoms with Gasteiger partial charge in [-0.3, -0.25) is 5.32 Å². The number of hydrogen-bond acceptors (Lipinski definition) is 7. The second-order valence-corrected chi connectivity index (χ2v) is 3.21. The van der Waals surface area contributed by atoms with E-state index in [9.17, 15) is 20.4 Å². The molecule has 1 aliphatic rings. The number of ether oxygens (including phenoxy) is 1. The van der Waals surface area contributed by atoms with Gasteiger partial charge < -0.3 is 30.3 Å². The van der Waals surface area contributed by atoms with Crippen LogP contribution in [0, 0.1) is 0 Å². The van der Waals surface area contributed by atoms with E-state index in [1.807, 2.05) is 0 Å². The number of nitrogens with one attached hydrogen (secondary N) is 1. The van der Waals surface area contributed by atoms with Gasteiger partial charge in [-0.1, -0.05) is 0 Å². The van der Waals surface area contributed by atoms with Crippen LogP contribution in [0.25, 0.3) is 0 Å².